The van der Waals surface area contributed by atoms with Gasteiger partial charge in [0.2, 0.25) is 0 Å². The summed E-state index contributed by atoms with van der Waals surface area (Å²) in [7, 11) is 0. The lowest BCUT2D eigenvalue weighted by Crippen LogP contribution is -2.39. The molecule has 0 spiro atoms. The Morgan fingerprint density at radius 1 is 1.12 bits per heavy atom. The fourth-order valence-corrected chi connectivity index (χ4v) is 3.48. The van der Waals surface area contributed by atoms with Gasteiger partial charge in [-0.15, -0.1) is 0 Å². The number of nitrogens with zero attached hydrogens (tertiary/aromatic N) is 1. The first-order valence-electron chi connectivity index (χ1n) is 9.51. The summed E-state index contributed by atoms with van der Waals surface area (Å²) >= 11 is 0. The highest BCUT2D eigenvalue weighted by molar-refractivity contribution is 5.92. The van der Waals surface area contributed by atoms with Crippen LogP contribution in [0.2, 0.25) is 0 Å². The van der Waals surface area contributed by atoms with E-state index in [-0.39, 0.29) is 12.5 Å². The molecule has 4 heteroatoms. The van der Waals surface area contributed by atoms with Gasteiger partial charge in [-0.1, -0.05) is 24.6 Å². The van der Waals surface area contributed by atoms with Crippen LogP contribution in [0, 0.1) is 6.92 Å². The highest BCUT2D eigenvalue weighted by Gasteiger charge is 2.20. The van der Waals surface area contributed by atoms with Gasteiger partial charge in [-0.2, -0.15) is 0 Å². The van der Waals surface area contributed by atoms with Crippen LogP contribution in [0.3, 0.4) is 0 Å². The van der Waals surface area contributed by atoms with E-state index >= 15 is 0 Å². The minimum absolute atomic E-state index is 0.00878. The van der Waals surface area contributed by atoms with Crippen LogP contribution in [0.1, 0.15) is 38.2 Å². The number of amides is 1. The zero-order valence-electron chi connectivity index (χ0n) is 15.7. The molecule has 1 atom stereocenters. The number of piperidine rings is 1. The van der Waals surface area contributed by atoms with Crippen LogP contribution in [0.15, 0.2) is 48.5 Å². The smallest absolute Gasteiger partial charge is 0.262 e. The third-order valence-corrected chi connectivity index (χ3v) is 4.97. The SMILES string of the molecule is CCC1CCCCN1c1ccc(NC(=O)COc2ccc(C)cc2)cc1. The number of carbonyl (C=O) groups is 1. The lowest BCUT2D eigenvalue weighted by Gasteiger charge is -2.37. The summed E-state index contributed by atoms with van der Waals surface area (Å²) in [5.74, 6) is 0.555. The monoisotopic (exact) mass is 352 g/mol. The summed E-state index contributed by atoms with van der Waals surface area (Å²) in [6.45, 7) is 5.40. The molecular weight excluding hydrogens is 324 g/mol. The van der Waals surface area contributed by atoms with Gasteiger partial charge in [0.15, 0.2) is 6.61 Å². The van der Waals surface area contributed by atoms with Gasteiger partial charge in [-0.05, 0) is 69.0 Å². The van der Waals surface area contributed by atoms with E-state index in [2.05, 4.69) is 29.3 Å². The molecule has 1 amide bonds. The molecule has 1 N–H and O–H groups in total. The molecule has 2 aromatic rings. The first kappa shape index (κ1) is 18.3. The second-order valence-electron chi connectivity index (χ2n) is 6.95. The second-order valence-corrected chi connectivity index (χ2v) is 6.95. The molecule has 3 rings (SSSR count). The molecule has 0 bridgehead atoms. The number of carbonyl (C=O) groups excluding carboxylic acids is 1. The van der Waals surface area contributed by atoms with E-state index in [1.165, 1.54) is 36.9 Å². The van der Waals surface area contributed by atoms with Gasteiger partial charge < -0.3 is 15.0 Å². The van der Waals surface area contributed by atoms with Crippen molar-refractivity contribution in [1.82, 2.24) is 0 Å². The van der Waals surface area contributed by atoms with Crippen LogP contribution in [0.4, 0.5) is 11.4 Å². The fraction of sp³-hybridized carbons (Fsp3) is 0.409. The number of hydrogen-bond acceptors (Lipinski definition) is 3. The van der Waals surface area contributed by atoms with Gasteiger partial charge in [0.1, 0.15) is 5.75 Å². The first-order chi connectivity index (χ1) is 12.7. The number of anilines is 2. The van der Waals surface area contributed by atoms with Crippen molar-refractivity contribution in [2.45, 2.75) is 45.6 Å². The number of aryl methyl sites for hydroxylation is 1. The van der Waals surface area contributed by atoms with Gasteiger partial charge >= 0.3 is 0 Å². The Hall–Kier alpha value is -2.49. The summed E-state index contributed by atoms with van der Waals surface area (Å²) in [5.41, 5.74) is 3.21. The normalized spacial score (nSPS) is 17.0. The zero-order chi connectivity index (χ0) is 18.4. The van der Waals surface area contributed by atoms with Crippen molar-refractivity contribution in [1.29, 1.82) is 0 Å². The van der Waals surface area contributed by atoms with Crippen LogP contribution >= 0.6 is 0 Å². The minimum atomic E-state index is -0.150. The number of benzene rings is 2. The highest BCUT2D eigenvalue weighted by atomic mass is 16.5. The topological polar surface area (TPSA) is 41.6 Å². The van der Waals surface area contributed by atoms with E-state index in [0.717, 1.165) is 12.2 Å². The van der Waals surface area contributed by atoms with E-state index in [1.54, 1.807) is 0 Å². The second kappa shape index (κ2) is 8.75. The molecular formula is C22H28N2O2. The lowest BCUT2D eigenvalue weighted by molar-refractivity contribution is -0.118. The Kier molecular flexibility index (Phi) is 6.16. The van der Waals surface area contributed by atoms with Crippen molar-refractivity contribution in [3.63, 3.8) is 0 Å². The third-order valence-electron chi connectivity index (χ3n) is 4.97. The largest absolute Gasteiger partial charge is 0.484 e. The highest BCUT2D eigenvalue weighted by Crippen LogP contribution is 2.27. The Bertz CT molecular complexity index is 710. The molecule has 1 heterocycles. The van der Waals surface area contributed by atoms with Crippen molar-refractivity contribution in [2.75, 3.05) is 23.4 Å². The Labute approximate surface area is 156 Å². The van der Waals surface area contributed by atoms with E-state index in [1.807, 2.05) is 43.3 Å². The molecule has 0 radical (unpaired) electrons. The maximum absolute atomic E-state index is 12.1. The van der Waals surface area contributed by atoms with E-state index in [9.17, 15) is 4.79 Å². The summed E-state index contributed by atoms with van der Waals surface area (Å²) in [6.07, 6.45) is 5.02. The van der Waals surface area contributed by atoms with Crippen LogP contribution in [-0.2, 0) is 4.79 Å². The van der Waals surface area contributed by atoms with Crippen LogP contribution in [-0.4, -0.2) is 25.1 Å². The van der Waals surface area contributed by atoms with Gasteiger partial charge in [0.25, 0.3) is 5.91 Å². The molecule has 0 aromatic heterocycles. The van der Waals surface area contributed by atoms with Crippen LogP contribution < -0.4 is 15.0 Å². The molecule has 4 nitrogen and oxygen atoms in total. The van der Waals surface area contributed by atoms with Crippen molar-refractivity contribution in [2.24, 2.45) is 0 Å². The quantitative estimate of drug-likeness (QED) is 0.813. The predicted octanol–water partition coefficient (Wildman–Crippen LogP) is 4.78. The van der Waals surface area contributed by atoms with Crippen molar-refractivity contribution < 1.29 is 9.53 Å². The summed E-state index contributed by atoms with van der Waals surface area (Å²) < 4.78 is 5.52. The standard InChI is InChI=1S/C22H28N2O2/c1-3-19-6-4-5-15-24(19)20-11-9-18(10-12-20)23-22(25)16-26-21-13-7-17(2)8-14-21/h7-14,19H,3-6,15-16H2,1-2H3,(H,23,25). The van der Waals surface area contributed by atoms with E-state index in [0.29, 0.717) is 11.8 Å². The average molecular weight is 352 g/mol. The number of hydrogen-bond donors (Lipinski definition) is 1. The van der Waals surface area contributed by atoms with Gasteiger partial charge in [0.05, 0.1) is 0 Å². The molecule has 0 aliphatic carbocycles. The number of nitrogens with one attached hydrogen (secondary N) is 1. The molecule has 1 aliphatic rings. The van der Waals surface area contributed by atoms with Crippen molar-refractivity contribution >= 4 is 17.3 Å². The molecule has 1 aliphatic heterocycles. The molecule has 1 saturated heterocycles. The van der Waals surface area contributed by atoms with Gasteiger partial charge in [-0.3, -0.25) is 4.79 Å². The first-order valence-corrected chi connectivity index (χ1v) is 9.51. The molecule has 2 aromatic carbocycles. The average Bonchev–Trinajstić information content (AvgIpc) is 2.68. The summed E-state index contributed by atoms with van der Waals surface area (Å²) in [4.78, 5) is 14.6. The zero-order valence-corrected chi connectivity index (χ0v) is 15.7. The predicted molar refractivity (Wildman–Crippen MR) is 107 cm³/mol. The van der Waals surface area contributed by atoms with Crippen molar-refractivity contribution in [3.8, 4) is 5.75 Å². The van der Waals surface area contributed by atoms with Crippen LogP contribution in [0.5, 0.6) is 5.75 Å². The fourth-order valence-electron chi connectivity index (χ4n) is 3.48. The van der Waals surface area contributed by atoms with Crippen molar-refractivity contribution in [3.05, 3.63) is 54.1 Å². The maximum Gasteiger partial charge on any atom is 0.262 e. The Balaban J connectivity index is 1.53. The molecule has 26 heavy (non-hydrogen) atoms. The maximum atomic E-state index is 12.1. The Morgan fingerprint density at radius 2 is 1.85 bits per heavy atom. The summed E-state index contributed by atoms with van der Waals surface area (Å²) in [5, 5.41) is 2.90. The number of rotatable bonds is 6. The molecule has 138 valence electrons. The van der Waals surface area contributed by atoms with Gasteiger partial charge in [0, 0.05) is 24.0 Å². The third kappa shape index (κ3) is 4.78. The molecule has 1 unspecified atom stereocenters. The van der Waals surface area contributed by atoms with Gasteiger partial charge in [-0.25, -0.2) is 0 Å². The van der Waals surface area contributed by atoms with Crippen LogP contribution in [0.25, 0.3) is 0 Å². The molecule has 0 saturated carbocycles. The summed E-state index contributed by atoms with van der Waals surface area (Å²) in [6, 6.07) is 16.5. The number of ether oxygens (including phenoxy) is 1. The van der Waals surface area contributed by atoms with E-state index < -0.39 is 0 Å². The lowest BCUT2D eigenvalue weighted by atomic mass is 9.99. The minimum Gasteiger partial charge on any atom is -0.484 e. The molecule has 1 fully saturated rings. The Morgan fingerprint density at radius 3 is 2.54 bits per heavy atom. The van der Waals surface area contributed by atoms with E-state index in [4.69, 9.17) is 4.74 Å².